The number of likely N-dealkylation sites (N-methyl/N-ethyl adjacent to an activating group) is 1. The second kappa shape index (κ2) is 8.03. The molecular formula is C20H27N3O4S. The standard InChI is InChI=1S/C20H27N3O4S/c1-14-6-4-5-7-16(14)12-15(2)22(3)20(25)18-8-9-19(24)23(21-18)17-10-11-28(26,27)13-17/h4-7,15,17H,8-13H2,1-3H3/t15-,17-/m0/s1. The molecule has 7 nitrogen and oxygen atoms in total. The Hall–Kier alpha value is -2.22. The summed E-state index contributed by atoms with van der Waals surface area (Å²) in [6, 6.07) is 7.59. The first-order chi connectivity index (χ1) is 13.2. The smallest absolute Gasteiger partial charge is 0.270 e. The Kier molecular flexibility index (Phi) is 5.88. The summed E-state index contributed by atoms with van der Waals surface area (Å²) in [6.07, 6.45) is 1.57. The van der Waals surface area contributed by atoms with Crippen molar-refractivity contribution in [3.05, 3.63) is 35.4 Å². The van der Waals surface area contributed by atoms with Crippen molar-refractivity contribution in [3.63, 3.8) is 0 Å². The molecule has 2 atom stereocenters. The van der Waals surface area contributed by atoms with E-state index in [9.17, 15) is 18.0 Å². The third-order valence-electron chi connectivity index (χ3n) is 5.62. The highest BCUT2D eigenvalue weighted by molar-refractivity contribution is 7.91. The van der Waals surface area contributed by atoms with Crippen LogP contribution in [0.2, 0.25) is 0 Å². The maximum Gasteiger partial charge on any atom is 0.270 e. The highest BCUT2D eigenvalue weighted by atomic mass is 32.2. The van der Waals surface area contributed by atoms with Crippen molar-refractivity contribution < 1.29 is 18.0 Å². The number of rotatable bonds is 5. The van der Waals surface area contributed by atoms with Gasteiger partial charge < -0.3 is 4.90 Å². The number of benzene rings is 1. The lowest BCUT2D eigenvalue weighted by atomic mass is 10.0. The number of carbonyl (C=O) groups excluding carboxylic acids is 2. The number of sulfone groups is 1. The van der Waals surface area contributed by atoms with E-state index in [0.717, 1.165) is 6.42 Å². The lowest BCUT2D eigenvalue weighted by molar-refractivity contribution is -0.134. The fourth-order valence-corrected chi connectivity index (χ4v) is 5.37. The third kappa shape index (κ3) is 4.43. The topological polar surface area (TPSA) is 87.1 Å². The Morgan fingerprint density at radius 1 is 1.32 bits per heavy atom. The molecule has 2 aliphatic rings. The molecule has 28 heavy (non-hydrogen) atoms. The van der Waals surface area contributed by atoms with E-state index >= 15 is 0 Å². The molecule has 0 radical (unpaired) electrons. The van der Waals surface area contributed by atoms with Crippen LogP contribution < -0.4 is 0 Å². The van der Waals surface area contributed by atoms with Crippen molar-refractivity contribution in [2.24, 2.45) is 5.10 Å². The van der Waals surface area contributed by atoms with Crippen LogP contribution in [0.5, 0.6) is 0 Å². The summed E-state index contributed by atoms with van der Waals surface area (Å²) in [5.74, 6) is -0.440. The van der Waals surface area contributed by atoms with Gasteiger partial charge in [-0.1, -0.05) is 24.3 Å². The van der Waals surface area contributed by atoms with Gasteiger partial charge in [-0.3, -0.25) is 9.59 Å². The van der Waals surface area contributed by atoms with Crippen molar-refractivity contribution in [1.29, 1.82) is 0 Å². The van der Waals surface area contributed by atoms with Gasteiger partial charge >= 0.3 is 0 Å². The Morgan fingerprint density at radius 2 is 2.04 bits per heavy atom. The molecule has 1 aromatic rings. The molecule has 0 spiro atoms. The van der Waals surface area contributed by atoms with Gasteiger partial charge in [0.1, 0.15) is 5.71 Å². The molecule has 8 heteroatoms. The average Bonchev–Trinajstić information content (AvgIpc) is 3.02. The summed E-state index contributed by atoms with van der Waals surface area (Å²) in [4.78, 5) is 26.8. The van der Waals surface area contributed by atoms with Crippen molar-refractivity contribution in [2.45, 2.75) is 51.6 Å². The Balaban J connectivity index is 1.72. The van der Waals surface area contributed by atoms with Crippen LogP contribution in [0.1, 0.15) is 37.3 Å². The monoisotopic (exact) mass is 405 g/mol. The number of hydrogen-bond acceptors (Lipinski definition) is 5. The number of aryl methyl sites for hydroxylation is 1. The molecule has 2 aliphatic heterocycles. The summed E-state index contributed by atoms with van der Waals surface area (Å²) in [5, 5.41) is 5.52. The fourth-order valence-electron chi connectivity index (χ4n) is 3.68. The SMILES string of the molecule is Cc1ccccc1C[C@H](C)N(C)C(=O)C1=NN([C@H]2CCS(=O)(=O)C2)C(=O)CC1. The normalized spacial score (nSPS) is 22.7. The first-order valence-corrected chi connectivity index (χ1v) is 11.4. The molecule has 152 valence electrons. The zero-order chi connectivity index (χ0) is 20.5. The van der Waals surface area contributed by atoms with Gasteiger partial charge in [0, 0.05) is 25.9 Å². The Bertz CT molecular complexity index is 910. The molecule has 0 aliphatic carbocycles. The molecule has 0 unspecified atom stereocenters. The minimum Gasteiger partial charge on any atom is -0.338 e. The maximum absolute atomic E-state index is 12.9. The van der Waals surface area contributed by atoms with Gasteiger partial charge in [-0.25, -0.2) is 13.4 Å². The molecule has 1 saturated heterocycles. The molecular weight excluding hydrogens is 378 g/mol. The third-order valence-corrected chi connectivity index (χ3v) is 7.37. The summed E-state index contributed by atoms with van der Waals surface area (Å²) in [5.41, 5.74) is 2.70. The van der Waals surface area contributed by atoms with Crippen LogP contribution in [0.4, 0.5) is 0 Å². The molecule has 2 amide bonds. The van der Waals surface area contributed by atoms with Crippen molar-refractivity contribution in [1.82, 2.24) is 9.91 Å². The van der Waals surface area contributed by atoms with Crippen molar-refractivity contribution in [2.75, 3.05) is 18.6 Å². The molecule has 0 bridgehead atoms. The highest BCUT2D eigenvalue weighted by Crippen LogP contribution is 2.23. The molecule has 0 N–H and O–H groups in total. The zero-order valence-electron chi connectivity index (χ0n) is 16.6. The second-order valence-electron chi connectivity index (χ2n) is 7.74. The van der Waals surface area contributed by atoms with Crippen LogP contribution in [0, 0.1) is 6.92 Å². The molecule has 0 saturated carbocycles. The number of amides is 2. The van der Waals surface area contributed by atoms with Gasteiger partial charge in [0.15, 0.2) is 9.84 Å². The maximum atomic E-state index is 12.9. The van der Waals surface area contributed by atoms with E-state index in [1.54, 1.807) is 11.9 Å². The lowest BCUT2D eigenvalue weighted by Crippen LogP contribution is -2.46. The van der Waals surface area contributed by atoms with Gasteiger partial charge in [-0.15, -0.1) is 0 Å². The van der Waals surface area contributed by atoms with Gasteiger partial charge in [-0.2, -0.15) is 5.10 Å². The summed E-state index contributed by atoms with van der Waals surface area (Å²) in [6.45, 7) is 4.04. The first-order valence-electron chi connectivity index (χ1n) is 9.59. The van der Waals surface area contributed by atoms with E-state index < -0.39 is 15.9 Å². The van der Waals surface area contributed by atoms with Crippen LogP contribution >= 0.6 is 0 Å². The van der Waals surface area contributed by atoms with E-state index in [4.69, 9.17) is 0 Å². The minimum atomic E-state index is -3.13. The van der Waals surface area contributed by atoms with Gasteiger partial charge in [0.25, 0.3) is 5.91 Å². The molecule has 1 fully saturated rings. The predicted octanol–water partition coefficient (Wildman–Crippen LogP) is 1.55. The number of carbonyl (C=O) groups is 2. The largest absolute Gasteiger partial charge is 0.338 e. The Morgan fingerprint density at radius 3 is 2.68 bits per heavy atom. The molecule has 2 heterocycles. The van der Waals surface area contributed by atoms with Crippen LogP contribution in [0.15, 0.2) is 29.4 Å². The lowest BCUT2D eigenvalue weighted by Gasteiger charge is -2.31. The summed E-state index contributed by atoms with van der Waals surface area (Å²) in [7, 11) is -1.39. The summed E-state index contributed by atoms with van der Waals surface area (Å²) >= 11 is 0. The van der Waals surface area contributed by atoms with Gasteiger partial charge in [0.2, 0.25) is 5.91 Å². The van der Waals surface area contributed by atoms with E-state index in [0.29, 0.717) is 12.1 Å². The van der Waals surface area contributed by atoms with E-state index in [-0.39, 0.29) is 42.2 Å². The number of nitrogens with zero attached hydrogens (tertiary/aromatic N) is 3. The number of hydrogen-bond donors (Lipinski definition) is 0. The van der Waals surface area contributed by atoms with Crippen LogP contribution in [-0.4, -0.2) is 66.5 Å². The zero-order valence-corrected chi connectivity index (χ0v) is 17.4. The Labute approximate surface area is 166 Å². The molecule has 3 rings (SSSR count). The minimum absolute atomic E-state index is 0.0331. The van der Waals surface area contributed by atoms with Gasteiger partial charge in [0.05, 0.1) is 17.5 Å². The van der Waals surface area contributed by atoms with E-state index in [1.165, 1.54) is 16.1 Å². The van der Waals surface area contributed by atoms with Crippen LogP contribution in [0.3, 0.4) is 0 Å². The molecule has 1 aromatic carbocycles. The average molecular weight is 406 g/mol. The molecule has 0 aromatic heterocycles. The first kappa shape index (κ1) is 20.5. The van der Waals surface area contributed by atoms with Gasteiger partial charge in [-0.05, 0) is 37.8 Å². The van der Waals surface area contributed by atoms with Crippen molar-refractivity contribution >= 4 is 27.4 Å². The highest BCUT2D eigenvalue weighted by Gasteiger charge is 2.37. The van der Waals surface area contributed by atoms with Crippen LogP contribution in [0.25, 0.3) is 0 Å². The van der Waals surface area contributed by atoms with Crippen LogP contribution in [-0.2, 0) is 25.8 Å². The summed E-state index contributed by atoms with van der Waals surface area (Å²) < 4.78 is 23.5. The number of hydrazone groups is 1. The fraction of sp³-hybridized carbons (Fsp3) is 0.550. The quantitative estimate of drug-likeness (QED) is 0.744. The van der Waals surface area contributed by atoms with E-state index in [2.05, 4.69) is 11.2 Å². The van der Waals surface area contributed by atoms with E-state index in [1.807, 2.05) is 32.0 Å². The predicted molar refractivity (Wildman–Crippen MR) is 108 cm³/mol. The van der Waals surface area contributed by atoms with Crippen molar-refractivity contribution in [3.8, 4) is 0 Å². The second-order valence-corrected chi connectivity index (χ2v) is 9.97.